The summed E-state index contributed by atoms with van der Waals surface area (Å²) in [6, 6.07) is 8.13. The van der Waals surface area contributed by atoms with E-state index in [0.29, 0.717) is 5.92 Å². The summed E-state index contributed by atoms with van der Waals surface area (Å²) < 4.78 is 0. The van der Waals surface area contributed by atoms with Crippen LogP contribution in [0.2, 0.25) is 0 Å². The van der Waals surface area contributed by atoms with Crippen molar-refractivity contribution in [1.29, 1.82) is 0 Å². The third-order valence-electron chi connectivity index (χ3n) is 5.78. The number of carbonyl (C=O) groups is 1. The Hall–Kier alpha value is -1.82. The predicted octanol–water partition coefficient (Wildman–Crippen LogP) is 3.65. The van der Waals surface area contributed by atoms with Crippen LogP contribution in [0.25, 0.3) is 0 Å². The van der Waals surface area contributed by atoms with E-state index in [4.69, 9.17) is 0 Å². The maximum Gasteiger partial charge on any atom is 0.251 e. The Balaban J connectivity index is 1.31. The van der Waals surface area contributed by atoms with Gasteiger partial charge < -0.3 is 5.32 Å². The second kappa shape index (κ2) is 7.20. The van der Waals surface area contributed by atoms with Crippen LogP contribution in [0.4, 0.5) is 0 Å². The van der Waals surface area contributed by atoms with E-state index in [-0.39, 0.29) is 11.9 Å². The highest BCUT2D eigenvalue weighted by Gasteiger charge is 2.42. The number of nitrogens with zero attached hydrogens (tertiary/aromatic N) is 2. The normalized spacial score (nSPS) is 25.9. The lowest BCUT2D eigenvalue weighted by Crippen LogP contribution is -2.40. The molecule has 2 N–H and O–H groups in total. The van der Waals surface area contributed by atoms with E-state index in [9.17, 15) is 4.79 Å². The summed E-state index contributed by atoms with van der Waals surface area (Å²) in [6.45, 7) is 2.17. The topological polar surface area (TPSA) is 70.7 Å². The van der Waals surface area contributed by atoms with E-state index < -0.39 is 0 Å². The smallest absolute Gasteiger partial charge is 0.251 e. The predicted molar refractivity (Wildman–Crippen MR) is 98.3 cm³/mol. The molecule has 2 aliphatic carbocycles. The van der Waals surface area contributed by atoms with Crippen LogP contribution in [0.15, 0.2) is 35.7 Å². The van der Waals surface area contributed by atoms with Gasteiger partial charge in [0.25, 0.3) is 5.91 Å². The fourth-order valence-corrected chi connectivity index (χ4v) is 5.21. The largest absolute Gasteiger partial charge is 0.349 e. The number of rotatable bonds is 6. The van der Waals surface area contributed by atoms with Gasteiger partial charge in [0.1, 0.15) is 6.33 Å². The lowest BCUT2D eigenvalue weighted by Gasteiger charge is -2.28. The second-order valence-electron chi connectivity index (χ2n) is 7.38. The third kappa shape index (κ3) is 3.73. The molecule has 6 heteroatoms. The second-order valence-corrected chi connectivity index (χ2v) is 8.34. The zero-order valence-corrected chi connectivity index (χ0v) is 15.3. The van der Waals surface area contributed by atoms with E-state index in [1.54, 1.807) is 11.8 Å². The van der Waals surface area contributed by atoms with Crippen LogP contribution in [0.3, 0.4) is 0 Å². The highest BCUT2D eigenvalue weighted by molar-refractivity contribution is 7.98. The molecule has 2 saturated carbocycles. The van der Waals surface area contributed by atoms with Gasteiger partial charge in [0.2, 0.25) is 0 Å². The van der Waals surface area contributed by atoms with Crippen molar-refractivity contribution in [2.75, 3.05) is 0 Å². The summed E-state index contributed by atoms with van der Waals surface area (Å²) in [5, 5.41) is 10.7. The van der Waals surface area contributed by atoms with Crippen molar-refractivity contribution in [2.45, 2.75) is 49.6 Å². The lowest BCUT2D eigenvalue weighted by molar-refractivity contribution is 0.0915. The third-order valence-corrected chi connectivity index (χ3v) is 6.73. The summed E-state index contributed by atoms with van der Waals surface area (Å²) in [7, 11) is 0. The highest BCUT2D eigenvalue weighted by Crippen LogP contribution is 2.49. The van der Waals surface area contributed by atoms with Gasteiger partial charge in [-0.05, 0) is 61.6 Å². The average Bonchev–Trinajstić information content (AvgIpc) is 3.38. The molecule has 2 aliphatic rings. The zero-order valence-electron chi connectivity index (χ0n) is 14.4. The van der Waals surface area contributed by atoms with E-state index in [0.717, 1.165) is 28.3 Å². The van der Waals surface area contributed by atoms with E-state index in [1.807, 2.05) is 24.3 Å². The summed E-state index contributed by atoms with van der Waals surface area (Å²) >= 11 is 1.60. The van der Waals surface area contributed by atoms with Crippen molar-refractivity contribution in [3.8, 4) is 0 Å². The minimum Gasteiger partial charge on any atom is -0.349 e. The molecule has 0 radical (unpaired) electrons. The van der Waals surface area contributed by atoms with Gasteiger partial charge in [-0.1, -0.05) is 30.3 Å². The molecule has 0 aliphatic heterocycles. The molecule has 132 valence electrons. The van der Waals surface area contributed by atoms with Crippen molar-refractivity contribution >= 4 is 17.7 Å². The number of H-pyrrole nitrogens is 1. The van der Waals surface area contributed by atoms with Gasteiger partial charge >= 0.3 is 0 Å². The van der Waals surface area contributed by atoms with Crippen molar-refractivity contribution in [3.63, 3.8) is 0 Å². The molecule has 2 aromatic rings. The Morgan fingerprint density at radius 3 is 2.80 bits per heavy atom. The van der Waals surface area contributed by atoms with Crippen molar-refractivity contribution in [3.05, 3.63) is 41.7 Å². The number of carbonyl (C=O) groups excluding carboxylic acids is 1. The number of amides is 1. The molecular formula is C19H24N4OS. The molecule has 1 aromatic heterocycles. The Bertz CT molecular complexity index is 716. The number of fused-ring (bicyclic) bond motifs is 2. The number of aromatic amines is 1. The van der Waals surface area contributed by atoms with Gasteiger partial charge in [0.15, 0.2) is 5.16 Å². The molecule has 4 rings (SSSR count). The first-order valence-electron chi connectivity index (χ1n) is 9.07. The lowest BCUT2D eigenvalue weighted by atomic mass is 9.84. The van der Waals surface area contributed by atoms with Gasteiger partial charge in [0, 0.05) is 17.4 Å². The first-order valence-corrected chi connectivity index (χ1v) is 10.1. The quantitative estimate of drug-likeness (QED) is 0.775. The maximum atomic E-state index is 12.5. The number of aromatic nitrogens is 3. The molecular weight excluding hydrogens is 332 g/mol. The molecule has 5 nitrogen and oxygen atoms in total. The Labute approximate surface area is 152 Å². The summed E-state index contributed by atoms with van der Waals surface area (Å²) in [4.78, 5) is 16.6. The maximum absolute atomic E-state index is 12.5. The van der Waals surface area contributed by atoms with Crippen LogP contribution in [-0.2, 0) is 5.75 Å². The Morgan fingerprint density at radius 1 is 1.32 bits per heavy atom. The minimum absolute atomic E-state index is 0.0460. The molecule has 4 unspecified atom stereocenters. The van der Waals surface area contributed by atoms with Gasteiger partial charge in [0.05, 0.1) is 0 Å². The molecule has 1 aromatic carbocycles. The molecule has 2 bridgehead atoms. The minimum atomic E-state index is 0.0460. The van der Waals surface area contributed by atoms with Crippen molar-refractivity contribution in [2.24, 2.45) is 17.8 Å². The Morgan fingerprint density at radius 2 is 2.16 bits per heavy atom. The Kier molecular flexibility index (Phi) is 4.79. The highest BCUT2D eigenvalue weighted by atomic mass is 32.2. The molecule has 2 fully saturated rings. The van der Waals surface area contributed by atoms with E-state index in [1.165, 1.54) is 37.6 Å². The molecule has 1 amide bonds. The SMILES string of the molecule is CC(NC(=O)c1ccc(CSc2ncn[nH]2)cc1)C1CC2CCC1C2. The van der Waals surface area contributed by atoms with Crippen LogP contribution in [0, 0.1) is 17.8 Å². The first-order chi connectivity index (χ1) is 12.2. The number of thioether (sulfide) groups is 1. The average molecular weight is 356 g/mol. The number of hydrogen-bond acceptors (Lipinski definition) is 4. The number of nitrogens with one attached hydrogen (secondary N) is 2. The van der Waals surface area contributed by atoms with Gasteiger partial charge in [-0.15, -0.1) is 0 Å². The molecule has 25 heavy (non-hydrogen) atoms. The van der Waals surface area contributed by atoms with Crippen LogP contribution in [0.5, 0.6) is 0 Å². The monoisotopic (exact) mass is 356 g/mol. The van der Waals surface area contributed by atoms with Gasteiger partial charge in [-0.2, -0.15) is 5.10 Å². The van der Waals surface area contributed by atoms with Crippen molar-refractivity contribution in [1.82, 2.24) is 20.5 Å². The summed E-state index contributed by atoms with van der Waals surface area (Å²) in [5.74, 6) is 3.26. The fraction of sp³-hybridized carbons (Fsp3) is 0.526. The first kappa shape index (κ1) is 16.6. The summed E-state index contributed by atoms with van der Waals surface area (Å²) in [6.07, 6.45) is 6.93. The molecule has 0 spiro atoms. The van der Waals surface area contributed by atoms with Gasteiger partial charge in [-0.25, -0.2) is 4.98 Å². The number of hydrogen-bond donors (Lipinski definition) is 2. The zero-order chi connectivity index (χ0) is 17.2. The molecule has 0 saturated heterocycles. The van der Waals surface area contributed by atoms with Crippen molar-refractivity contribution < 1.29 is 4.79 Å². The van der Waals surface area contributed by atoms with Crippen LogP contribution < -0.4 is 5.32 Å². The van der Waals surface area contributed by atoms with Gasteiger partial charge in [-0.3, -0.25) is 9.89 Å². The van der Waals surface area contributed by atoms with E-state index >= 15 is 0 Å². The molecule has 1 heterocycles. The van der Waals surface area contributed by atoms with Crippen LogP contribution in [-0.4, -0.2) is 27.1 Å². The standard InChI is InChI=1S/C19H24N4OS/c1-12(17-9-14-4-7-16(17)8-14)22-18(24)15-5-2-13(3-6-15)10-25-19-20-11-21-23-19/h2-3,5-6,11-12,14,16-17H,4,7-10H2,1H3,(H,22,24)(H,20,21,23). The summed E-state index contributed by atoms with van der Waals surface area (Å²) in [5.41, 5.74) is 1.91. The fourth-order valence-electron chi connectivity index (χ4n) is 4.47. The van der Waals surface area contributed by atoms with Crippen LogP contribution >= 0.6 is 11.8 Å². The van der Waals surface area contributed by atoms with Crippen LogP contribution in [0.1, 0.15) is 48.5 Å². The molecule has 4 atom stereocenters. The van der Waals surface area contributed by atoms with E-state index in [2.05, 4.69) is 27.4 Å². The number of benzene rings is 1.